The van der Waals surface area contributed by atoms with Crippen LogP contribution in [0.4, 0.5) is 0 Å². The number of hydrogen-bond acceptors (Lipinski definition) is 1. The largest absolute Gasteiger partial charge is 0.396 e. The second-order valence-electron chi connectivity index (χ2n) is 6.17. The molecule has 2 saturated carbocycles. The van der Waals surface area contributed by atoms with Gasteiger partial charge in [-0.05, 0) is 48.3 Å². The van der Waals surface area contributed by atoms with Gasteiger partial charge in [-0.1, -0.05) is 20.8 Å². The minimum absolute atomic E-state index is 0.407. The summed E-state index contributed by atoms with van der Waals surface area (Å²) in [5.41, 5.74) is 1.15. The van der Waals surface area contributed by atoms with E-state index in [1.54, 1.807) is 0 Å². The Morgan fingerprint density at radius 3 is 2.15 bits per heavy atom. The molecular weight excluding hydrogens is 160 g/mol. The molecular formula is C12H22O. The average molecular weight is 182 g/mol. The molecule has 0 heterocycles. The van der Waals surface area contributed by atoms with Gasteiger partial charge in [0.05, 0.1) is 0 Å². The van der Waals surface area contributed by atoms with Crippen molar-refractivity contribution in [3.63, 3.8) is 0 Å². The maximum absolute atomic E-state index is 9.03. The zero-order chi connectivity index (χ0) is 9.69. The van der Waals surface area contributed by atoms with Gasteiger partial charge in [0, 0.05) is 6.61 Å². The van der Waals surface area contributed by atoms with Crippen molar-refractivity contribution >= 4 is 0 Å². The van der Waals surface area contributed by atoms with Crippen LogP contribution in [0.1, 0.15) is 46.5 Å². The summed E-state index contributed by atoms with van der Waals surface area (Å²) in [5, 5.41) is 9.03. The Bertz CT molecular complexity index is 209. The van der Waals surface area contributed by atoms with E-state index in [1.807, 2.05) is 0 Å². The zero-order valence-corrected chi connectivity index (χ0v) is 9.14. The molecule has 0 aromatic rings. The number of aliphatic hydroxyl groups excluding tert-OH is 1. The zero-order valence-electron chi connectivity index (χ0n) is 9.14. The van der Waals surface area contributed by atoms with Crippen LogP contribution in [0.3, 0.4) is 0 Å². The molecule has 0 aromatic carbocycles. The van der Waals surface area contributed by atoms with Gasteiger partial charge in [0.2, 0.25) is 0 Å². The van der Waals surface area contributed by atoms with Gasteiger partial charge in [-0.25, -0.2) is 0 Å². The predicted octanol–water partition coefficient (Wildman–Crippen LogP) is 2.83. The smallest absolute Gasteiger partial charge is 0.0464 e. The van der Waals surface area contributed by atoms with Crippen molar-refractivity contribution in [2.24, 2.45) is 22.7 Å². The monoisotopic (exact) mass is 182 g/mol. The van der Waals surface area contributed by atoms with E-state index in [1.165, 1.54) is 25.7 Å². The Hall–Kier alpha value is -0.0400. The van der Waals surface area contributed by atoms with Crippen LogP contribution < -0.4 is 0 Å². The highest BCUT2D eigenvalue weighted by molar-refractivity contribution is 5.01. The minimum Gasteiger partial charge on any atom is -0.396 e. The second kappa shape index (κ2) is 2.73. The van der Waals surface area contributed by atoms with Gasteiger partial charge in [0.25, 0.3) is 0 Å². The summed E-state index contributed by atoms with van der Waals surface area (Å²) in [5.74, 6) is 1.60. The Morgan fingerprint density at radius 1 is 1.15 bits per heavy atom. The molecule has 2 unspecified atom stereocenters. The summed E-state index contributed by atoms with van der Waals surface area (Å²) in [7, 11) is 0. The molecule has 0 spiro atoms. The number of hydrogen-bond donors (Lipinski definition) is 1. The van der Waals surface area contributed by atoms with E-state index >= 15 is 0 Å². The van der Waals surface area contributed by atoms with E-state index in [4.69, 9.17) is 5.11 Å². The van der Waals surface area contributed by atoms with Crippen molar-refractivity contribution in [3.05, 3.63) is 0 Å². The maximum atomic E-state index is 9.03. The lowest BCUT2D eigenvalue weighted by atomic mass is 9.96. The fourth-order valence-electron chi connectivity index (χ4n) is 2.67. The quantitative estimate of drug-likeness (QED) is 0.709. The van der Waals surface area contributed by atoms with Crippen LogP contribution >= 0.6 is 0 Å². The lowest BCUT2D eigenvalue weighted by Gasteiger charge is -2.10. The summed E-state index contributed by atoms with van der Waals surface area (Å²) >= 11 is 0. The molecule has 1 N–H and O–H groups in total. The van der Waals surface area contributed by atoms with E-state index in [-0.39, 0.29) is 0 Å². The molecule has 2 rings (SSSR count). The van der Waals surface area contributed by atoms with Crippen LogP contribution in [-0.2, 0) is 0 Å². The molecule has 1 nitrogen and oxygen atoms in total. The van der Waals surface area contributed by atoms with Crippen molar-refractivity contribution in [1.29, 1.82) is 0 Å². The first-order valence-corrected chi connectivity index (χ1v) is 5.59. The summed E-state index contributed by atoms with van der Waals surface area (Å²) in [6.45, 7) is 7.49. The van der Waals surface area contributed by atoms with Crippen LogP contribution in [0.2, 0.25) is 0 Å². The fourth-order valence-corrected chi connectivity index (χ4v) is 2.67. The van der Waals surface area contributed by atoms with Crippen molar-refractivity contribution in [2.45, 2.75) is 46.5 Å². The second-order valence-corrected chi connectivity index (χ2v) is 6.17. The van der Waals surface area contributed by atoms with Crippen LogP contribution in [0.5, 0.6) is 0 Å². The first-order valence-electron chi connectivity index (χ1n) is 5.59. The van der Waals surface area contributed by atoms with Crippen LogP contribution in [0, 0.1) is 22.7 Å². The molecule has 0 bridgehead atoms. The Kier molecular flexibility index (Phi) is 1.99. The van der Waals surface area contributed by atoms with E-state index in [2.05, 4.69) is 20.8 Å². The molecule has 0 radical (unpaired) electrons. The van der Waals surface area contributed by atoms with Gasteiger partial charge in [-0.15, -0.1) is 0 Å². The fraction of sp³-hybridized carbons (Fsp3) is 1.00. The topological polar surface area (TPSA) is 20.2 Å². The normalized spacial score (nSPS) is 46.2. The third-order valence-corrected chi connectivity index (χ3v) is 4.54. The summed E-state index contributed by atoms with van der Waals surface area (Å²) in [6, 6.07) is 0. The summed E-state index contributed by atoms with van der Waals surface area (Å²) in [4.78, 5) is 0. The summed E-state index contributed by atoms with van der Waals surface area (Å²) < 4.78 is 0. The highest BCUT2D eigenvalue weighted by Gasteiger charge is 2.51. The Labute approximate surface area is 81.5 Å². The minimum atomic E-state index is 0.407. The van der Waals surface area contributed by atoms with Gasteiger partial charge in [0.15, 0.2) is 0 Å². The first-order chi connectivity index (χ1) is 5.98. The predicted molar refractivity (Wildman–Crippen MR) is 54.4 cm³/mol. The first kappa shape index (κ1) is 9.51. The maximum Gasteiger partial charge on any atom is 0.0464 e. The molecule has 13 heavy (non-hydrogen) atoms. The lowest BCUT2D eigenvalue weighted by Crippen LogP contribution is -2.02. The lowest BCUT2D eigenvalue weighted by molar-refractivity contribution is 0.246. The van der Waals surface area contributed by atoms with Crippen molar-refractivity contribution in [3.8, 4) is 0 Å². The molecule has 1 heteroatoms. The van der Waals surface area contributed by atoms with E-state index in [0.29, 0.717) is 23.4 Å². The molecule has 0 amide bonds. The van der Waals surface area contributed by atoms with Gasteiger partial charge in [-0.2, -0.15) is 0 Å². The van der Waals surface area contributed by atoms with Crippen molar-refractivity contribution in [1.82, 2.24) is 0 Å². The van der Waals surface area contributed by atoms with Crippen molar-refractivity contribution in [2.75, 3.05) is 6.61 Å². The molecule has 2 aliphatic carbocycles. The van der Waals surface area contributed by atoms with Gasteiger partial charge >= 0.3 is 0 Å². The molecule has 0 aliphatic heterocycles. The molecule has 2 fully saturated rings. The highest BCUT2D eigenvalue weighted by atomic mass is 16.3. The highest BCUT2D eigenvalue weighted by Crippen LogP contribution is 2.60. The molecule has 3 atom stereocenters. The molecule has 2 aliphatic rings. The van der Waals surface area contributed by atoms with Crippen LogP contribution in [-0.4, -0.2) is 11.7 Å². The standard InChI is InChI=1S/C12H22O/c1-11(2)6-9(11)4-5-12(3)7-10(12)8-13/h9-10,13H,4-8H2,1-3H3/t9-,10?,12?/m0/s1. The molecule has 0 saturated heterocycles. The van der Waals surface area contributed by atoms with Gasteiger partial charge < -0.3 is 5.11 Å². The van der Waals surface area contributed by atoms with E-state index < -0.39 is 0 Å². The summed E-state index contributed by atoms with van der Waals surface area (Å²) in [6.07, 6.45) is 5.41. The SMILES string of the molecule is CC1(CC[C@H]2CC2(C)C)CC1CO. The number of aliphatic hydroxyl groups is 1. The van der Waals surface area contributed by atoms with Crippen molar-refractivity contribution < 1.29 is 5.11 Å². The average Bonchev–Trinajstić information content (AvgIpc) is 2.87. The van der Waals surface area contributed by atoms with Crippen LogP contribution in [0.25, 0.3) is 0 Å². The van der Waals surface area contributed by atoms with E-state index in [9.17, 15) is 0 Å². The number of rotatable bonds is 4. The van der Waals surface area contributed by atoms with Gasteiger partial charge in [-0.3, -0.25) is 0 Å². The third-order valence-electron chi connectivity index (χ3n) is 4.54. The Morgan fingerprint density at radius 2 is 1.77 bits per heavy atom. The van der Waals surface area contributed by atoms with Gasteiger partial charge in [0.1, 0.15) is 0 Å². The molecule has 0 aromatic heterocycles. The third kappa shape index (κ3) is 1.76. The Balaban J connectivity index is 1.70. The van der Waals surface area contributed by atoms with Crippen LogP contribution in [0.15, 0.2) is 0 Å². The molecule has 76 valence electrons. The van der Waals surface area contributed by atoms with E-state index in [0.717, 1.165) is 5.92 Å².